The Morgan fingerprint density at radius 3 is 2.53 bits per heavy atom. The number of rotatable bonds is 1. The Kier molecular flexibility index (Phi) is 2.10. The zero-order valence-corrected chi connectivity index (χ0v) is 9.42. The molecule has 1 N–H and O–H groups in total. The van der Waals surface area contributed by atoms with Gasteiger partial charge in [-0.25, -0.2) is 0 Å². The SMILES string of the molecule is Cc1ccc([C@@H]2CNCC23CCC3)cc1. The second kappa shape index (κ2) is 3.34. The van der Waals surface area contributed by atoms with Gasteiger partial charge in [0.05, 0.1) is 0 Å². The third-order valence-corrected chi connectivity index (χ3v) is 4.39. The first kappa shape index (κ1) is 9.41. The molecule has 0 radical (unpaired) electrons. The van der Waals surface area contributed by atoms with Gasteiger partial charge in [0.2, 0.25) is 0 Å². The van der Waals surface area contributed by atoms with Crippen molar-refractivity contribution in [1.29, 1.82) is 0 Å². The smallest absolute Gasteiger partial charge is 0.00320 e. The topological polar surface area (TPSA) is 12.0 Å². The lowest BCUT2D eigenvalue weighted by atomic mass is 9.61. The van der Waals surface area contributed by atoms with Crippen LogP contribution >= 0.6 is 0 Å². The normalized spacial score (nSPS) is 27.9. The Bertz CT molecular complexity index is 348. The maximum Gasteiger partial charge on any atom is 0.00320 e. The molecule has 1 aromatic rings. The van der Waals surface area contributed by atoms with Crippen molar-refractivity contribution in [3.63, 3.8) is 0 Å². The third kappa shape index (κ3) is 1.41. The predicted molar refractivity (Wildman–Crippen MR) is 63.1 cm³/mol. The van der Waals surface area contributed by atoms with Crippen LogP contribution in [0.4, 0.5) is 0 Å². The summed E-state index contributed by atoms with van der Waals surface area (Å²) in [6.07, 6.45) is 4.29. The van der Waals surface area contributed by atoms with E-state index in [1.165, 1.54) is 37.9 Å². The minimum Gasteiger partial charge on any atom is -0.316 e. The largest absolute Gasteiger partial charge is 0.316 e. The molecule has 80 valence electrons. The minimum absolute atomic E-state index is 0.620. The van der Waals surface area contributed by atoms with Crippen LogP contribution in [-0.2, 0) is 0 Å². The lowest BCUT2D eigenvalue weighted by Gasteiger charge is -2.43. The Hall–Kier alpha value is -0.820. The molecule has 1 atom stereocenters. The highest BCUT2D eigenvalue weighted by Gasteiger charge is 2.47. The van der Waals surface area contributed by atoms with Gasteiger partial charge in [0, 0.05) is 19.0 Å². The summed E-state index contributed by atoms with van der Waals surface area (Å²) >= 11 is 0. The van der Waals surface area contributed by atoms with Crippen molar-refractivity contribution in [3.05, 3.63) is 35.4 Å². The number of nitrogens with one attached hydrogen (secondary N) is 1. The Morgan fingerprint density at radius 1 is 1.20 bits per heavy atom. The van der Waals surface area contributed by atoms with E-state index in [4.69, 9.17) is 0 Å². The molecule has 1 saturated heterocycles. The predicted octanol–water partition coefficient (Wildman–Crippen LogP) is 2.85. The van der Waals surface area contributed by atoms with Crippen LogP contribution < -0.4 is 5.32 Å². The van der Waals surface area contributed by atoms with Crippen LogP contribution in [0, 0.1) is 12.3 Å². The highest BCUT2D eigenvalue weighted by atomic mass is 14.9. The van der Waals surface area contributed by atoms with E-state index in [1.54, 1.807) is 5.56 Å². The molecular weight excluding hydrogens is 182 g/mol. The van der Waals surface area contributed by atoms with Crippen LogP contribution in [0.2, 0.25) is 0 Å². The van der Waals surface area contributed by atoms with E-state index in [0.29, 0.717) is 5.41 Å². The van der Waals surface area contributed by atoms with Gasteiger partial charge in [0.15, 0.2) is 0 Å². The summed E-state index contributed by atoms with van der Waals surface area (Å²) in [6, 6.07) is 9.15. The molecule has 1 heteroatoms. The summed E-state index contributed by atoms with van der Waals surface area (Å²) in [5.41, 5.74) is 3.53. The fraction of sp³-hybridized carbons (Fsp3) is 0.571. The number of hydrogen-bond acceptors (Lipinski definition) is 1. The van der Waals surface area contributed by atoms with Crippen molar-refractivity contribution in [1.82, 2.24) is 5.32 Å². The van der Waals surface area contributed by atoms with Gasteiger partial charge in [-0.1, -0.05) is 36.2 Å². The van der Waals surface area contributed by atoms with Gasteiger partial charge < -0.3 is 5.32 Å². The maximum absolute atomic E-state index is 3.58. The summed E-state index contributed by atoms with van der Waals surface area (Å²) in [6.45, 7) is 4.59. The lowest BCUT2D eigenvalue weighted by Crippen LogP contribution is -2.36. The summed E-state index contributed by atoms with van der Waals surface area (Å²) in [5, 5.41) is 3.58. The molecule has 1 heterocycles. The third-order valence-electron chi connectivity index (χ3n) is 4.39. The standard InChI is InChI=1S/C14H19N/c1-11-3-5-12(6-4-11)13-9-15-10-14(13)7-2-8-14/h3-6,13,15H,2,7-10H2,1H3/t13-/m0/s1. The van der Waals surface area contributed by atoms with Gasteiger partial charge in [0.25, 0.3) is 0 Å². The molecule has 1 aliphatic heterocycles. The molecule has 1 nitrogen and oxygen atoms in total. The molecule has 1 aromatic carbocycles. The monoisotopic (exact) mass is 201 g/mol. The van der Waals surface area contributed by atoms with Gasteiger partial charge in [0.1, 0.15) is 0 Å². The highest BCUT2D eigenvalue weighted by molar-refractivity contribution is 5.29. The highest BCUT2D eigenvalue weighted by Crippen LogP contribution is 2.53. The van der Waals surface area contributed by atoms with E-state index in [-0.39, 0.29) is 0 Å². The van der Waals surface area contributed by atoms with Gasteiger partial charge in [-0.15, -0.1) is 0 Å². The molecule has 2 aliphatic rings. The Labute approximate surface area is 91.9 Å². The number of hydrogen-bond donors (Lipinski definition) is 1. The fourth-order valence-electron chi connectivity index (χ4n) is 3.23. The minimum atomic E-state index is 0.620. The zero-order chi connectivity index (χ0) is 10.3. The zero-order valence-electron chi connectivity index (χ0n) is 9.42. The first-order valence-electron chi connectivity index (χ1n) is 6.07. The first-order valence-corrected chi connectivity index (χ1v) is 6.07. The number of benzene rings is 1. The second-order valence-corrected chi connectivity index (χ2v) is 5.31. The Morgan fingerprint density at radius 2 is 1.93 bits per heavy atom. The average Bonchev–Trinajstić information content (AvgIpc) is 2.62. The van der Waals surface area contributed by atoms with Crippen molar-refractivity contribution >= 4 is 0 Å². The summed E-state index contributed by atoms with van der Waals surface area (Å²) < 4.78 is 0. The van der Waals surface area contributed by atoms with Crippen LogP contribution in [0.3, 0.4) is 0 Å². The van der Waals surface area contributed by atoms with Crippen LogP contribution in [0.1, 0.15) is 36.3 Å². The van der Waals surface area contributed by atoms with Crippen LogP contribution in [0.5, 0.6) is 0 Å². The van der Waals surface area contributed by atoms with Gasteiger partial charge in [-0.3, -0.25) is 0 Å². The van der Waals surface area contributed by atoms with Crippen molar-refractivity contribution in [2.75, 3.05) is 13.1 Å². The van der Waals surface area contributed by atoms with Gasteiger partial charge in [-0.05, 0) is 30.7 Å². The summed E-state index contributed by atoms with van der Waals surface area (Å²) in [5.74, 6) is 0.770. The Balaban J connectivity index is 1.90. The van der Waals surface area contributed by atoms with Crippen molar-refractivity contribution in [2.24, 2.45) is 5.41 Å². The molecule has 0 unspecified atom stereocenters. The van der Waals surface area contributed by atoms with E-state index in [2.05, 4.69) is 36.5 Å². The van der Waals surface area contributed by atoms with Crippen LogP contribution in [0.15, 0.2) is 24.3 Å². The first-order chi connectivity index (χ1) is 7.30. The molecule has 0 aromatic heterocycles. The number of aryl methyl sites for hydroxylation is 1. The van der Waals surface area contributed by atoms with Gasteiger partial charge >= 0.3 is 0 Å². The quantitative estimate of drug-likeness (QED) is 0.736. The fourth-order valence-corrected chi connectivity index (χ4v) is 3.23. The van der Waals surface area contributed by atoms with Crippen molar-refractivity contribution < 1.29 is 0 Å². The summed E-state index contributed by atoms with van der Waals surface area (Å²) in [4.78, 5) is 0. The molecule has 1 spiro atoms. The maximum atomic E-state index is 3.58. The van der Waals surface area contributed by atoms with E-state index >= 15 is 0 Å². The van der Waals surface area contributed by atoms with E-state index in [1.807, 2.05) is 0 Å². The van der Waals surface area contributed by atoms with E-state index in [9.17, 15) is 0 Å². The average molecular weight is 201 g/mol. The van der Waals surface area contributed by atoms with Crippen LogP contribution in [-0.4, -0.2) is 13.1 Å². The molecule has 3 rings (SSSR count). The van der Waals surface area contributed by atoms with Gasteiger partial charge in [-0.2, -0.15) is 0 Å². The molecule has 15 heavy (non-hydrogen) atoms. The van der Waals surface area contributed by atoms with E-state index < -0.39 is 0 Å². The molecule has 1 aliphatic carbocycles. The van der Waals surface area contributed by atoms with Crippen LogP contribution in [0.25, 0.3) is 0 Å². The second-order valence-electron chi connectivity index (χ2n) is 5.31. The molecular formula is C14H19N. The molecule has 2 fully saturated rings. The molecule has 1 saturated carbocycles. The molecule has 0 amide bonds. The summed E-state index contributed by atoms with van der Waals surface area (Å²) in [7, 11) is 0. The van der Waals surface area contributed by atoms with Crippen molar-refractivity contribution in [2.45, 2.75) is 32.1 Å². The lowest BCUT2D eigenvalue weighted by molar-refractivity contribution is 0.137. The van der Waals surface area contributed by atoms with Crippen molar-refractivity contribution in [3.8, 4) is 0 Å². The molecule has 0 bridgehead atoms. The van der Waals surface area contributed by atoms with E-state index in [0.717, 1.165) is 5.92 Å².